The topological polar surface area (TPSA) is 126 Å². The molecule has 12 heteroatoms. The van der Waals surface area contributed by atoms with Crippen LogP contribution < -0.4 is 16.0 Å². The number of anilines is 1. The third-order valence-corrected chi connectivity index (χ3v) is 5.81. The van der Waals surface area contributed by atoms with Crippen molar-refractivity contribution in [3.05, 3.63) is 84.1 Å². The first-order valence-corrected chi connectivity index (χ1v) is 12.7. The van der Waals surface area contributed by atoms with Gasteiger partial charge in [0.05, 0.1) is 19.0 Å². The predicted octanol–water partition coefficient (Wildman–Crippen LogP) is 4.25. The zero-order chi connectivity index (χ0) is 29.8. The second kappa shape index (κ2) is 14.6. The highest BCUT2D eigenvalue weighted by molar-refractivity contribution is 5.89. The lowest BCUT2D eigenvalue weighted by Crippen LogP contribution is -2.39. The van der Waals surface area contributed by atoms with Crippen LogP contribution in [0.3, 0.4) is 0 Å². The smallest absolute Gasteiger partial charge is 0.386 e. The Bertz CT molecular complexity index is 1350. The molecule has 2 aromatic carbocycles. The number of nitrogens with zero attached hydrogens (tertiary/aromatic N) is 1. The number of carbonyl (C=O) groups is 4. The van der Waals surface area contributed by atoms with Crippen molar-refractivity contribution in [1.29, 1.82) is 0 Å². The molecule has 41 heavy (non-hydrogen) atoms. The summed E-state index contributed by atoms with van der Waals surface area (Å²) in [6, 6.07) is 18.6. The zero-order valence-corrected chi connectivity index (χ0v) is 22.2. The van der Waals surface area contributed by atoms with Crippen molar-refractivity contribution in [2.45, 2.75) is 38.4 Å². The van der Waals surface area contributed by atoms with E-state index in [-0.39, 0.29) is 6.42 Å². The maximum atomic E-state index is 12.6. The normalized spacial score (nSPS) is 11.7. The van der Waals surface area contributed by atoms with Crippen LogP contribution in [0.4, 0.5) is 19.0 Å². The van der Waals surface area contributed by atoms with Crippen LogP contribution in [0.15, 0.2) is 72.9 Å². The Balaban J connectivity index is 1.56. The fraction of sp³-hybridized carbons (Fsp3) is 0.276. The molecule has 0 bridgehead atoms. The van der Waals surface area contributed by atoms with E-state index in [1.165, 1.54) is 0 Å². The number of aromatic nitrogens is 1. The number of pyridine rings is 1. The van der Waals surface area contributed by atoms with Gasteiger partial charge in [0.15, 0.2) is 0 Å². The molecule has 0 fully saturated rings. The van der Waals surface area contributed by atoms with Crippen molar-refractivity contribution in [2.24, 2.45) is 0 Å². The van der Waals surface area contributed by atoms with E-state index >= 15 is 0 Å². The quantitative estimate of drug-likeness (QED) is 0.169. The summed E-state index contributed by atoms with van der Waals surface area (Å²) in [5, 5.41) is 8.08. The highest BCUT2D eigenvalue weighted by Gasteiger charge is 2.42. The molecule has 0 aliphatic heterocycles. The summed E-state index contributed by atoms with van der Waals surface area (Å²) in [7, 11) is 0. The molecular weight excluding hydrogens is 541 g/mol. The Morgan fingerprint density at radius 2 is 1.61 bits per heavy atom. The van der Waals surface area contributed by atoms with E-state index in [0.29, 0.717) is 24.3 Å². The summed E-state index contributed by atoms with van der Waals surface area (Å²) < 4.78 is 41.5. The van der Waals surface area contributed by atoms with Crippen molar-refractivity contribution >= 4 is 29.6 Å². The molecule has 0 radical (unpaired) electrons. The van der Waals surface area contributed by atoms with Crippen LogP contribution in [0.1, 0.15) is 36.4 Å². The van der Waals surface area contributed by atoms with Crippen LogP contribution in [0.25, 0.3) is 11.1 Å². The SMILES string of the molecule is Cc1ccnc(NCCCC(=O)NCC(=O)NC(CC(=O)OC(=O)C(F)(F)F)c2ccc(-c3ccccc3)cc2)c1. The van der Waals surface area contributed by atoms with Crippen LogP contribution >= 0.6 is 0 Å². The largest absolute Gasteiger partial charge is 0.491 e. The highest BCUT2D eigenvalue weighted by atomic mass is 19.4. The molecule has 1 atom stereocenters. The molecule has 0 saturated heterocycles. The number of amides is 2. The van der Waals surface area contributed by atoms with Gasteiger partial charge < -0.3 is 20.7 Å². The maximum absolute atomic E-state index is 12.6. The van der Waals surface area contributed by atoms with Gasteiger partial charge in [-0.25, -0.2) is 9.78 Å². The molecule has 0 aliphatic rings. The molecule has 1 aromatic heterocycles. The first kappa shape index (κ1) is 30.8. The average Bonchev–Trinajstić information content (AvgIpc) is 2.94. The van der Waals surface area contributed by atoms with Gasteiger partial charge in [0.2, 0.25) is 11.8 Å². The van der Waals surface area contributed by atoms with Gasteiger partial charge in [-0.3, -0.25) is 14.4 Å². The maximum Gasteiger partial charge on any atom is 0.491 e. The van der Waals surface area contributed by atoms with Gasteiger partial charge in [0, 0.05) is 19.2 Å². The summed E-state index contributed by atoms with van der Waals surface area (Å²) in [5.74, 6) is -4.51. The second-order valence-corrected chi connectivity index (χ2v) is 9.10. The molecule has 9 nitrogen and oxygen atoms in total. The number of carbonyl (C=O) groups excluding carboxylic acids is 4. The lowest BCUT2D eigenvalue weighted by Gasteiger charge is -2.19. The Labute approximate surface area is 234 Å². The summed E-state index contributed by atoms with van der Waals surface area (Å²) in [6.45, 7) is 1.98. The molecule has 3 N–H and O–H groups in total. The van der Waals surface area contributed by atoms with E-state index in [9.17, 15) is 32.3 Å². The fourth-order valence-corrected chi connectivity index (χ4v) is 3.77. The number of ether oxygens (including phenoxy) is 1. The molecule has 2 amide bonds. The molecule has 216 valence electrons. The van der Waals surface area contributed by atoms with Crippen molar-refractivity contribution in [1.82, 2.24) is 15.6 Å². The van der Waals surface area contributed by atoms with E-state index < -0.39 is 48.9 Å². The van der Waals surface area contributed by atoms with Gasteiger partial charge in [-0.05, 0) is 47.7 Å². The Hall–Kier alpha value is -4.74. The summed E-state index contributed by atoms with van der Waals surface area (Å²) in [6.07, 6.45) is -3.82. The molecule has 0 spiro atoms. The van der Waals surface area contributed by atoms with E-state index in [1.807, 2.05) is 49.4 Å². The number of esters is 2. The minimum absolute atomic E-state index is 0.127. The van der Waals surface area contributed by atoms with Gasteiger partial charge in [-0.1, -0.05) is 54.6 Å². The molecular formula is C29H29F3N4O5. The van der Waals surface area contributed by atoms with Gasteiger partial charge >= 0.3 is 18.1 Å². The van der Waals surface area contributed by atoms with Gasteiger partial charge in [0.25, 0.3) is 0 Å². The van der Waals surface area contributed by atoms with Crippen molar-refractivity contribution in [3.63, 3.8) is 0 Å². The molecule has 3 rings (SSSR count). The highest BCUT2D eigenvalue weighted by Crippen LogP contribution is 2.24. The Morgan fingerprint density at radius 3 is 2.27 bits per heavy atom. The second-order valence-electron chi connectivity index (χ2n) is 9.10. The van der Waals surface area contributed by atoms with E-state index in [4.69, 9.17) is 0 Å². The van der Waals surface area contributed by atoms with Gasteiger partial charge in [0.1, 0.15) is 5.82 Å². The van der Waals surface area contributed by atoms with Crippen molar-refractivity contribution < 1.29 is 37.1 Å². The number of benzene rings is 2. The molecule has 1 heterocycles. The van der Waals surface area contributed by atoms with Gasteiger partial charge in [-0.2, -0.15) is 13.2 Å². The predicted molar refractivity (Wildman–Crippen MR) is 144 cm³/mol. The number of halogens is 3. The Kier molecular flexibility index (Phi) is 11.0. The van der Waals surface area contributed by atoms with Gasteiger partial charge in [-0.15, -0.1) is 0 Å². The number of alkyl halides is 3. The van der Waals surface area contributed by atoms with Crippen molar-refractivity contribution in [3.8, 4) is 11.1 Å². The fourth-order valence-electron chi connectivity index (χ4n) is 3.77. The standard InChI is InChI=1S/C29H29F3N4O5/c1-19-13-15-34-24(16-19)33-14-5-8-25(37)35-18-26(38)36-23(17-27(39)41-28(40)29(30,31)32)22-11-9-21(10-12-22)20-6-3-2-4-7-20/h2-4,6-7,9-13,15-16,23H,5,8,14,17-18H2,1H3,(H,33,34)(H,35,37)(H,36,38). The van der Waals surface area contributed by atoms with Crippen LogP contribution in [-0.2, 0) is 23.9 Å². The van der Waals surface area contributed by atoms with E-state index in [0.717, 1.165) is 16.7 Å². The lowest BCUT2D eigenvalue weighted by molar-refractivity contribution is -0.202. The van der Waals surface area contributed by atoms with Crippen LogP contribution in [0.5, 0.6) is 0 Å². The summed E-state index contributed by atoms with van der Waals surface area (Å²) in [5.41, 5.74) is 3.16. The summed E-state index contributed by atoms with van der Waals surface area (Å²) >= 11 is 0. The minimum Gasteiger partial charge on any atom is -0.386 e. The average molecular weight is 571 g/mol. The van der Waals surface area contributed by atoms with E-state index in [2.05, 4.69) is 25.7 Å². The molecule has 0 aliphatic carbocycles. The Morgan fingerprint density at radius 1 is 0.927 bits per heavy atom. The van der Waals surface area contributed by atoms with Crippen LogP contribution in [0, 0.1) is 6.92 Å². The lowest BCUT2D eigenvalue weighted by atomic mass is 9.99. The third-order valence-electron chi connectivity index (χ3n) is 5.81. The van der Waals surface area contributed by atoms with Crippen LogP contribution in [0.2, 0.25) is 0 Å². The third kappa shape index (κ3) is 10.4. The minimum atomic E-state index is -5.35. The first-order valence-electron chi connectivity index (χ1n) is 12.7. The molecule has 3 aromatic rings. The number of nitrogens with one attached hydrogen (secondary N) is 3. The van der Waals surface area contributed by atoms with Crippen molar-refractivity contribution in [2.75, 3.05) is 18.4 Å². The number of hydrogen-bond donors (Lipinski definition) is 3. The molecule has 0 saturated carbocycles. The monoisotopic (exact) mass is 570 g/mol. The number of aryl methyl sites for hydroxylation is 1. The first-order chi connectivity index (χ1) is 19.5. The number of hydrogen-bond acceptors (Lipinski definition) is 7. The zero-order valence-electron chi connectivity index (χ0n) is 22.2. The van der Waals surface area contributed by atoms with E-state index in [1.54, 1.807) is 30.5 Å². The number of rotatable bonds is 12. The summed E-state index contributed by atoms with van der Waals surface area (Å²) in [4.78, 5) is 52.1. The van der Waals surface area contributed by atoms with Crippen LogP contribution in [-0.4, -0.2) is 48.0 Å². The molecule has 1 unspecified atom stereocenters.